The lowest BCUT2D eigenvalue weighted by atomic mass is 10.0. The molecule has 8 nitrogen and oxygen atoms in total. The molecule has 1 amide bonds. The van der Waals surface area contributed by atoms with E-state index in [9.17, 15) is 9.90 Å². The summed E-state index contributed by atoms with van der Waals surface area (Å²) in [6, 6.07) is 15.2. The molecule has 0 aliphatic carbocycles. The first-order chi connectivity index (χ1) is 15.1. The molecular formula is C23H23N5O3. The summed E-state index contributed by atoms with van der Waals surface area (Å²) in [5.74, 6) is -0.0638. The molecule has 3 aromatic rings. The topological polar surface area (TPSA) is 93.5 Å². The Morgan fingerprint density at radius 1 is 1.13 bits per heavy atom. The minimum absolute atomic E-state index is 0.0222. The van der Waals surface area contributed by atoms with Crippen LogP contribution in [0.15, 0.2) is 58.7 Å². The van der Waals surface area contributed by atoms with E-state index >= 15 is 0 Å². The smallest absolute Gasteiger partial charge is 0.263 e. The standard InChI is InChI=1S/C23H23N5O3/c1-27-10-12-28(13-11-27)19(29)14-31-26-21-16-7-3-5-9-18(16)24-22(21)20-15-6-2-4-8-17(15)25-23(20)30/h2-9,25,30H,10-14H2,1H3/b26-21+. The summed E-state index contributed by atoms with van der Waals surface area (Å²) in [4.78, 5) is 29.7. The van der Waals surface area contributed by atoms with E-state index in [1.54, 1.807) is 4.90 Å². The lowest BCUT2D eigenvalue weighted by Gasteiger charge is -2.32. The Morgan fingerprint density at radius 3 is 2.71 bits per heavy atom. The van der Waals surface area contributed by atoms with Crippen molar-refractivity contribution in [3.63, 3.8) is 0 Å². The summed E-state index contributed by atoms with van der Waals surface area (Å²) < 4.78 is 0. The molecule has 2 aromatic carbocycles. The molecule has 0 atom stereocenters. The van der Waals surface area contributed by atoms with Crippen molar-refractivity contribution >= 4 is 33.9 Å². The van der Waals surface area contributed by atoms with E-state index in [2.05, 4.69) is 15.0 Å². The van der Waals surface area contributed by atoms with Gasteiger partial charge < -0.3 is 24.7 Å². The molecule has 0 unspecified atom stereocenters. The second-order valence-electron chi connectivity index (χ2n) is 7.77. The molecule has 2 aliphatic heterocycles. The van der Waals surface area contributed by atoms with Gasteiger partial charge in [-0.25, -0.2) is 4.99 Å². The zero-order valence-electron chi connectivity index (χ0n) is 17.2. The number of carbonyl (C=O) groups is 1. The first kappa shape index (κ1) is 19.3. The third-order valence-corrected chi connectivity index (χ3v) is 5.74. The van der Waals surface area contributed by atoms with Crippen LogP contribution in [0.2, 0.25) is 0 Å². The van der Waals surface area contributed by atoms with E-state index < -0.39 is 0 Å². The summed E-state index contributed by atoms with van der Waals surface area (Å²) in [6.45, 7) is 2.94. The Bertz CT molecular complexity index is 1200. The van der Waals surface area contributed by atoms with Crippen LogP contribution in [0.3, 0.4) is 0 Å². The minimum Gasteiger partial charge on any atom is -0.494 e. The van der Waals surface area contributed by atoms with Crippen molar-refractivity contribution < 1.29 is 14.7 Å². The number of benzene rings is 2. The van der Waals surface area contributed by atoms with E-state index in [0.29, 0.717) is 30.1 Å². The number of nitrogens with zero attached hydrogens (tertiary/aromatic N) is 4. The van der Waals surface area contributed by atoms with Crippen molar-refractivity contribution in [1.82, 2.24) is 14.8 Å². The number of para-hydroxylation sites is 2. The van der Waals surface area contributed by atoms with Gasteiger partial charge in [-0.15, -0.1) is 0 Å². The molecule has 0 spiro atoms. The Hall–Kier alpha value is -3.65. The van der Waals surface area contributed by atoms with Crippen LogP contribution < -0.4 is 0 Å². The van der Waals surface area contributed by atoms with Gasteiger partial charge in [0.15, 0.2) is 12.5 Å². The number of hydrogen-bond donors (Lipinski definition) is 2. The lowest BCUT2D eigenvalue weighted by molar-refractivity contribution is -0.137. The molecule has 31 heavy (non-hydrogen) atoms. The maximum atomic E-state index is 12.5. The number of fused-ring (bicyclic) bond motifs is 2. The van der Waals surface area contributed by atoms with Crippen LogP contribution in [0.25, 0.3) is 10.9 Å². The van der Waals surface area contributed by atoms with E-state index in [1.165, 1.54) is 0 Å². The van der Waals surface area contributed by atoms with Crippen LogP contribution in [0.1, 0.15) is 11.1 Å². The predicted molar refractivity (Wildman–Crippen MR) is 119 cm³/mol. The first-order valence-corrected chi connectivity index (χ1v) is 10.3. The largest absolute Gasteiger partial charge is 0.494 e. The van der Waals surface area contributed by atoms with Crippen molar-refractivity contribution in [2.24, 2.45) is 10.1 Å². The maximum absolute atomic E-state index is 12.5. The van der Waals surface area contributed by atoms with Gasteiger partial charge in [0.1, 0.15) is 11.4 Å². The molecule has 0 radical (unpaired) electrons. The van der Waals surface area contributed by atoms with Gasteiger partial charge in [-0.05, 0) is 19.2 Å². The Balaban J connectivity index is 1.43. The third-order valence-electron chi connectivity index (χ3n) is 5.74. The lowest BCUT2D eigenvalue weighted by Crippen LogP contribution is -2.48. The van der Waals surface area contributed by atoms with E-state index in [-0.39, 0.29) is 18.4 Å². The van der Waals surface area contributed by atoms with Gasteiger partial charge in [0.2, 0.25) is 0 Å². The number of piperazine rings is 1. The van der Waals surface area contributed by atoms with Crippen LogP contribution in [0, 0.1) is 0 Å². The Labute approximate surface area is 179 Å². The monoisotopic (exact) mass is 417 g/mol. The number of aliphatic imine (C=N–C) groups is 1. The number of hydrogen-bond acceptors (Lipinski definition) is 6. The fourth-order valence-corrected chi connectivity index (χ4v) is 4.01. The van der Waals surface area contributed by atoms with Gasteiger partial charge in [-0.1, -0.05) is 41.6 Å². The number of H-pyrrole nitrogens is 1. The van der Waals surface area contributed by atoms with Gasteiger partial charge in [0.05, 0.1) is 11.3 Å². The van der Waals surface area contributed by atoms with Crippen LogP contribution in [-0.4, -0.2) is 77.1 Å². The van der Waals surface area contributed by atoms with Crippen LogP contribution in [-0.2, 0) is 9.63 Å². The number of aromatic amines is 1. The summed E-state index contributed by atoms with van der Waals surface area (Å²) in [5, 5.41) is 15.7. The summed E-state index contributed by atoms with van der Waals surface area (Å²) in [7, 11) is 2.04. The zero-order valence-corrected chi connectivity index (χ0v) is 17.2. The molecule has 0 saturated carbocycles. The van der Waals surface area contributed by atoms with Crippen molar-refractivity contribution in [3.05, 3.63) is 59.7 Å². The molecule has 2 N–H and O–H groups in total. The number of likely N-dealkylation sites (N-methyl/N-ethyl adjacent to an activating group) is 1. The summed E-state index contributed by atoms with van der Waals surface area (Å²) in [6.07, 6.45) is 0. The highest BCUT2D eigenvalue weighted by Gasteiger charge is 2.29. The number of aromatic nitrogens is 1. The number of nitrogens with one attached hydrogen (secondary N) is 1. The predicted octanol–water partition coefficient (Wildman–Crippen LogP) is 2.50. The average molecular weight is 417 g/mol. The molecule has 3 heterocycles. The highest BCUT2D eigenvalue weighted by atomic mass is 16.6. The number of amides is 1. The normalized spacial score (nSPS) is 17.8. The fraction of sp³-hybridized carbons (Fsp3) is 0.261. The highest BCUT2D eigenvalue weighted by molar-refractivity contribution is 6.58. The number of rotatable bonds is 4. The highest BCUT2D eigenvalue weighted by Crippen LogP contribution is 2.35. The first-order valence-electron chi connectivity index (χ1n) is 10.3. The van der Waals surface area contributed by atoms with Crippen LogP contribution >= 0.6 is 0 Å². The number of carbonyl (C=O) groups excluding carboxylic acids is 1. The maximum Gasteiger partial charge on any atom is 0.263 e. The molecule has 1 aromatic heterocycles. The molecule has 8 heteroatoms. The minimum atomic E-state index is -0.136. The second-order valence-corrected chi connectivity index (χ2v) is 7.77. The van der Waals surface area contributed by atoms with Crippen molar-refractivity contribution in [2.45, 2.75) is 0 Å². The van der Waals surface area contributed by atoms with Crippen molar-refractivity contribution in [3.8, 4) is 5.88 Å². The fourth-order valence-electron chi connectivity index (χ4n) is 4.01. The van der Waals surface area contributed by atoms with Crippen LogP contribution in [0.4, 0.5) is 5.69 Å². The molecule has 2 aliphatic rings. The summed E-state index contributed by atoms with van der Waals surface area (Å²) >= 11 is 0. The van der Waals surface area contributed by atoms with Crippen molar-refractivity contribution in [1.29, 1.82) is 0 Å². The van der Waals surface area contributed by atoms with Crippen LogP contribution in [0.5, 0.6) is 5.88 Å². The van der Waals surface area contributed by atoms with Gasteiger partial charge >= 0.3 is 0 Å². The average Bonchev–Trinajstić information content (AvgIpc) is 3.30. The van der Waals surface area contributed by atoms with Crippen molar-refractivity contribution in [2.75, 3.05) is 39.8 Å². The van der Waals surface area contributed by atoms with E-state index in [0.717, 1.165) is 35.2 Å². The Morgan fingerprint density at radius 2 is 1.87 bits per heavy atom. The third kappa shape index (κ3) is 3.55. The van der Waals surface area contributed by atoms with E-state index in [4.69, 9.17) is 9.83 Å². The summed E-state index contributed by atoms with van der Waals surface area (Å²) in [5.41, 5.74) is 3.94. The molecule has 1 saturated heterocycles. The number of oxime groups is 1. The molecule has 158 valence electrons. The molecular weight excluding hydrogens is 394 g/mol. The number of aromatic hydroxyl groups is 1. The quantitative estimate of drug-likeness (QED) is 0.638. The Kier molecular flexibility index (Phi) is 4.91. The molecule has 0 bridgehead atoms. The second kappa shape index (κ2) is 7.88. The zero-order chi connectivity index (χ0) is 21.4. The van der Waals surface area contributed by atoms with Gasteiger partial charge in [-0.2, -0.15) is 0 Å². The van der Waals surface area contributed by atoms with Gasteiger partial charge in [0.25, 0.3) is 5.91 Å². The van der Waals surface area contributed by atoms with E-state index in [1.807, 2.05) is 55.6 Å². The molecule has 1 fully saturated rings. The van der Waals surface area contributed by atoms with Gasteiger partial charge in [-0.3, -0.25) is 4.79 Å². The molecule has 5 rings (SSSR count). The SMILES string of the molecule is CN1CCN(C(=O)CO/N=C2/C(c3c(O)[nH]c4ccccc34)=Nc3ccccc32)CC1. The van der Waals surface area contributed by atoms with Gasteiger partial charge in [0, 0.05) is 42.6 Å².